The van der Waals surface area contributed by atoms with E-state index in [9.17, 15) is 10.1 Å². The lowest BCUT2D eigenvalue weighted by Gasteiger charge is -2.30. The number of nitrogens with one attached hydrogen (secondary N) is 1. The molecule has 0 aliphatic carbocycles. The predicted octanol–water partition coefficient (Wildman–Crippen LogP) is 3.75. The van der Waals surface area contributed by atoms with Crippen LogP contribution in [0.25, 0.3) is 10.9 Å². The van der Waals surface area contributed by atoms with Crippen LogP contribution in [0, 0.1) is 17.0 Å². The first-order chi connectivity index (χ1) is 12.1. The Kier molecular flexibility index (Phi) is 4.01. The Morgan fingerprint density at radius 1 is 1.40 bits per heavy atom. The minimum atomic E-state index is -0.340. The zero-order valence-electron chi connectivity index (χ0n) is 14.1. The van der Waals surface area contributed by atoms with Gasteiger partial charge < -0.3 is 9.40 Å². The van der Waals surface area contributed by atoms with Gasteiger partial charge in [0.15, 0.2) is 5.89 Å². The number of likely N-dealkylation sites (tertiary alicyclic amines) is 1. The maximum Gasteiger partial charge on any atom is 0.270 e. The molecule has 0 atom stereocenters. The Bertz CT molecular complexity index is 893. The molecule has 0 saturated carbocycles. The number of nitro benzene ring substituents is 1. The van der Waals surface area contributed by atoms with Crippen molar-refractivity contribution < 1.29 is 9.34 Å². The summed E-state index contributed by atoms with van der Waals surface area (Å²) < 4.78 is 5.43. The van der Waals surface area contributed by atoms with Crippen molar-refractivity contribution in [3.63, 3.8) is 0 Å². The molecule has 3 aromatic rings. The molecule has 0 unspecified atom stereocenters. The Hall–Kier alpha value is -2.67. The highest BCUT2D eigenvalue weighted by molar-refractivity contribution is 5.86. The van der Waals surface area contributed by atoms with E-state index < -0.39 is 0 Å². The minimum absolute atomic E-state index is 0.135. The first-order valence-electron chi connectivity index (χ1n) is 8.49. The Labute approximate surface area is 144 Å². The quantitative estimate of drug-likeness (QED) is 0.577. The van der Waals surface area contributed by atoms with Crippen molar-refractivity contribution in [2.75, 3.05) is 13.1 Å². The summed E-state index contributed by atoms with van der Waals surface area (Å²) in [6.45, 7) is 4.76. The van der Waals surface area contributed by atoms with Gasteiger partial charge in [-0.1, -0.05) is 0 Å². The van der Waals surface area contributed by atoms with Crippen LogP contribution < -0.4 is 0 Å². The van der Waals surface area contributed by atoms with Gasteiger partial charge in [0, 0.05) is 41.2 Å². The normalized spacial score (nSPS) is 16.5. The second-order valence-electron chi connectivity index (χ2n) is 6.64. The number of hydrogen-bond acceptors (Lipinski definition) is 5. The van der Waals surface area contributed by atoms with Crippen molar-refractivity contribution >= 4 is 16.6 Å². The number of fused-ring (bicyclic) bond motifs is 1. The molecule has 1 aromatic carbocycles. The van der Waals surface area contributed by atoms with Gasteiger partial charge >= 0.3 is 0 Å². The molecule has 7 nitrogen and oxygen atoms in total. The first kappa shape index (κ1) is 15.8. The number of nitro groups is 1. The lowest BCUT2D eigenvalue weighted by Crippen LogP contribution is -2.32. The highest BCUT2D eigenvalue weighted by atomic mass is 16.6. The van der Waals surface area contributed by atoms with Gasteiger partial charge in [0.2, 0.25) is 0 Å². The SMILES string of the molecule is Cc1[nH]c2ccc([N+](=O)[O-])cc2c1CN1CCC(c2ncco2)CC1. The highest BCUT2D eigenvalue weighted by Gasteiger charge is 2.24. The fourth-order valence-electron chi connectivity index (χ4n) is 3.69. The average molecular weight is 340 g/mol. The zero-order chi connectivity index (χ0) is 17.4. The summed E-state index contributed by atoms with van der Waals surface area (Å²) in [5.74, 6) is 1.22. The number of hydrogen-bond donors (Lipinski definition) is 1. The summed E-state index contributed by atoms with van der Waals surface area (Å²) in [7, 11) is 0. The molecule has 1 aliphatic rings. The molecule has 0 radical (unpaired) electrons. The van der Waals surface area contributed by atoms with Crippen molar-refractivity contribution in [3.05, 3.63) is 57.9 Å². The van der Waals surface area contributed by atoms with E-state index in [2.05, 4.69) is 14.9 Å². The smallest absolute Gasteiger partial charge is 0.270 e. The van der Waals surface area contributed by atoms with Gasteiger partial charge in [-0.05, 0) is 44.5 Å². The number of H-pyrrole nitrogens is 1. The van der Waals surface area contributed by atoms with E-state index in [1.54, 1.807) is 30.7 Å². The molecule has 1 saturated heterocycles. The van der Waals surface area contributed by atoms with Gasteiger partial charge in [0.05, 0.1) is 11.1 Å². The van der Waals surface area contributed by atoms with Gasteiger partial charge in [0.25, 0.3) is 5.69 Å². The van der Waals surface area contributed by atoms with Gasteiger partial charge in [0.1, 0.15) is 6.26 Å². The highest BCUT2D eigenvalue weighted by Crippen LogP contribution is 2.31. The number of non-ortho nitro benzene ring substituents is 1. The van der Waals surface area contributed by atoms with Gasteiger partial charge in [-0.25, -0.2) is 4.98 Å². The molecule has 4 rings (SSSR count). The number of rotatable bonds is 4. The van der Waals surface area contributed by atoms with E-state index in [4.69, 9.17) is 4.42 Å². The predicted molar refractivity (Wildman–Crippen MR) is 93.4 cm³/mol. The van der Waals surface area contributed by atoms with Crippen LogP contribution in [-0.2, 0) is 6.54 Å². The molecule has 1 aliphatic heterocycles. The van der Waals surface area contributed by atoms with Crippen LogP contribution in [0.5, 0.6) is 0 Å². The van der Waals surface area contributed by atoms with Crippen LogP contribution in [-0.4, -0.2) is 32.9 Å². The molecule has 3 heterocycles. The van der Waals surface area contributed by atoms with E-state index in [0.717, 1.165) is 60.5 Å². The van der Waals surface area contributed by atoms with Gasteiger partial charge in [-0.3, -0.25) is 15.0 Å². The number of aryl methyl sites for hydroxylation is 1. The zero-order valence-corrected chi connectivity index (χ0v) is 14.1. The van der Waals surface area contributed by atoms with Crippen molar-refractivity contribution in [2.24, 2.45) is 0 Å². The molecule has 1 fully saturated rings. The number of nitrogens with zero attached hydrogens (tertiary/aromatic N) is 3. The van der Waals surface area contributed by atoms with E-state index in [-0.39, 0.29) is 10.6 Å². The number of benzene rings is 1. The van der Waals surface area contributed by atoms with Crippen LogP contribution >= 0.6 is 0 Å². The van der Waals surface area contributed by atoms with E-state index in [0.29, 0.717) is 5.92 Å². The molecule has 0 amide bonds. The standard InChI is InChI=1S/C18H20N4O3/c1-12-16(15-10-14(22(23)24)2-3-17(15)20-12)11-21-7-4-13(5-8-21)18-19-6-9-25-18/h2-3,6,9-10,13,20H,4-5,7-8,11H2,1H3. The summed E-state index contributed by atoms with van der Waals surface area (Å²) in [6.07, 6.45) is 5.36. The maximum absolute atomic E-state index is 11.1. The Balaban J connectivity index is 1.52. The third-order valence-corrected chi connectivity index (χ3v) is 5.08. The fraction of sp³-hybridized carbons (Fsp3) is 0.389. The van der Waals surface area contributed by atoms with Crippen molar-refractivity contribution in [2.45, 2.75) is 32.2 Å². The van der Waals surface area contributed by atoms with Gasteiger partial charge in [-0.15, -0.1) is 0 Å². The number of piperidine rings is 1. The van der Waals surface area contributed by atoms with Crippen molar-refractivity contribution in [3.8, 4) is 0 Å². The molecule has 2 aromatic heterocycles. The second kappa shape index (κ2) is 6.33. The monoisotopic (exact) mass is 340 g/mol. The average Bonchev–Trinajstić information content (AvgIpc) is 3.24. The van der Waals surface area contributed by atoms with Crippen LogP contribution in [0.4, 0.5) is 5.69 Å². The molecule has 130 valence electrons. The lowest BCUT2D eigenvalue weighted by atomic mass is 9.96. The van der Waals surface area contributed by atoms with Crippen LogP contribution in [0.2, 0.25) is 0 Å². The Morgan fingerprint density at radius 2 is 2.20 bits per heavy atom. The summed E-state index contributed by atoms with van der Waals surface area (Å²) in [4.78, 5) is 20.7. The van der Waals surface area contributed by atoms with Crippen molar-refractivity contribution in [1.82, 2.24) is 14.9 Å². The molecule has 0 spiro atoms. The molecular formula is C18H20N4O3. The third-order valence-electron chi connectivity index (χ3n) is 5.08. The topological polar surface area (TPSA) is 88.2 Å². The summed E-state index contributed by atoms with van der Waals surface area (Å²) in [6, 6.07) is 5.01. The van der Waals surface area contributed by atoms with Crippen LogP contribution in [0.15, 0.2) is 35.1 Å². The molecule has 7 heteroatoms. The van der Waals surface area contributed by atoms with Crippen molar-refractivity contribution in [1.29, 1.82) is 0 Å². The summed E-state index contributed by atoms with van der Waals surface area (Å²) >= 11 is 0. The fourth-order valence-corrected chi connectivity index (χ4v) is 3.69. The lowest BCUT2D eigenvalue weighted by molar-refractivity contribution is -0.384. The number of oxazole rings is 1. The minimum Gasteiger partial charge on any atom is -0.449 e. The first-order valence-corrected chi connectivity index (χ1v) is 8.49. The Morgan fingerprint density at radius 3 is 2.88 bits per heavy atom. The third kappa shape index (κ3) is 3.02. The van der Waals surface area contributed by atoms with Crippen LogP contribution in [0.3, 0.4) is 0 Å². The number of aromatic nitrogens is 2. The maximum atomic E-state index is 11.1. The molecule has 0 bridgehead atoms. The van der Waals surface area contributed by atoms with Crippen LogP contribution in [0.1, 0.15) is 35.9 Å². The summed E-state index contributed by atoms with van der Waals surface area (Å²) in [5, 5.41) is 12.0. The number of aromatic amines is 1. The van der Waals surface area contributed by atoms with E-state index in [1.165, 1.54) is 0 Å². The van der Waals surface area contributed by atoms with E-state index in [1.807, 2.05) is 6.92 Å². The summed E-state index contributed by atoms with van der Waals surface area (Å²) in [5.41, 5.74) is 3.31. The van der Waals surface area contributed by atoms with E-state index >= 15 is 0 Å². The van der Waals surface area contributed by atoms with Gasteiger partial charge in [-0.2, -0.15) is 0 Å². The largest absolute Gasteiger partial charge is 0.449 e. The molecule has 25 heavy (non-hydrogen) atoms. The molecular weight excluding hydrogens is 320 g/mol. The molecule has 1 N–H and O–H groups in total. The second-order valence-corrected chi connectivity index (χ2v) is 6.64.